The van der Waals surface area contributed by atoms with E-state index in [1.165, 1.54) is 0 Å². The summed E-state index contributed by atoms with van der Waals surface area (Å²) in [5.74, 6) is 1.44. The Bertz CT molecular complexity index is 646. The van der Waals surface area contributed by atoms with Crippen LogP contribution in [0.1, 0.15) is 17.3 Å². The number of benzene rings is 2. The molecule has 110 valence electrons. The highest BCUT2D eigenvalue weighted by Crippen LogP contribution is 2.28. The maximum atomic E-state index is 12.5. The predicted octanol–water partition coefficient (Wildman–Crippen LogP) is 4.82. The van der Waals surface area contributed by atoms with Gasteiger partial charge in [-0.2, -0.15) is 0 Å². The monoisotopic (exact) mass is 365 g/mol. The molecule has 0 saturated heterocycles. The van der Waals surface area contributed by atoms with Gasteiger partial charge in [0.25, 0.3) is 5.91 Å². The molecular weight excluding hydrogens is 350 g/mol. The molecule has 3 nitrogen and oxygen atoms in total. The molecule has 0 saturated carbocycles. The summed E-state index contributed by atoms with van der Waals surface area (Å²) in [6, 6.07) is 13.1. The fourth-order valence-corrected chi connectivity index (χ4v) is 3.03. The summed E-state index contributed by atoms with van der Waals surface area (Å²) in [4.78, 5) is 13.5. The van der Waals surface area contributed by atoms with E-state index in [0.717, 1.165) is 20.8 Å². The largest absolute Gasteiger partial charge is 0.497 e. The zero-order valence-electron chi connectivity index (χ0n) is 11.9. The van der Waals surface area contributed by atoms with Gasteiger partial charge >= 0.3 is 0 Å². The van der Waals surface area contributed by atoms with Crippen molar-refractivity contribution in [2.45, 2.75) is 11.8 Å². The summed E-state index contributed by atoms with van der Waals surface area (Å²) in [6.45, 7) is 2.09. The zero-order chi connectivity index (χ0) is 15.2. The van der Waals surface area contributed by atoms with Crippen LogP contribution in [0.4, 0.5) is 5.69 Å². The third-order valence-electron chi connectivity index (χ3n) is 2.85. The maximum absolute atomic E-state index is 12.5. The summed E-state index contributed by atoms with van der Waals surface area (Å²) in [5.41, 5.74) is 1.37. The molecule has 5 heteroatoms. The number of ether oxygens (including phenoxy) is 1. The van der Waals surface area contributed by atoms with Gasteiger partial charge in [-0.15, -0.1) is 11.8 Å². The van der Waals surface area contributed by atoms with E-state index in [4.69, 9.17) is 4.74 Å². The Morgan fingerprint density at radius 2 is 2.05 bits per heavy atom. The number of anilines is 1. The van der Waals surface area contributed by atoms with Crippen molar-refractivity contribution in [3.63, 3.8) is 0 Å². The maximum Gasteiger partial charge on any atom is 0.256 e. The Morgan fingerprint density at radius 3 is 2.76 bits per heavy atom. The summed E-state index contributed by atoms with van der Waals surface area (Å²) in [7, 11) is 1.58. The molecule has 0 unspecified atom stereocenters. The number of carbonyl (C=O) groups excluding carboxylic acids is 1. The fourth-order valence-electron chi connectivity index (χ4n) is 1.85. The highest BCUT2D eigenvalue weighted by molar-refractivity contribution is 9.10. The van der Waals surface area contributed by atoms with Crippen LogP contribution in [-0.2, 0) is 0 Å². The van der Waals surface area contributed by atoms with E-state index >= 15 is 0 Å². The van der Waals surface area contributed by atoms with Crippen molar-refractivity contribution in [2.24, 2.45) is 0 Å². The van der Waals surface area contributed by atoms with Crippen LogP contribution in [0.3, 0.4) is 0 Å². The number of rotatable bonds is 5. The first-order chi connectivity index (χ1) is 10.2. The van der Waals surface area contributed by atoms with Crippen LogP contribution in [0.2, 0.25) is 0 Å². The highest BCUT2D eigenvalue weighted by Gasteiger charge is 2.13. The number of hydrogen-bond acceptors (Lipinski definition) is 3. The lowest BCUT2D eigenvalue weighted by Crippen LogP contribution is -2.13. The second kappa shape index (κ2) is 7.52. The van der Waals surface area contributed by atoms with E-state index in [1.54, 1.807) is 31.0 Å². The van der Waals surface area contributed by atoms with E-state index in [-0.39, 0.29) is 5.91 Å². The van der Waals surface area contributed by atoms with Gasteiger partial charge in [-0.25, -0.2) is 0 Å². The van der Waals surface area contributed by atoms with E-state index in [9.17, 15) is 4.79 Å². The van der Waals surface area contributed by atoms with Crippen molar-refractivity contribution in [3.05, 3.63) is 52.5 Å². The number of amides is 1. The Kier molecular flexibility index (Phi) is 5.70. The Morgan fingerprint density at radius 1 is 1.29 bits per heavy atom. The Balaban J connectivity index is 2.26. The second-order valence-electron chi connectivity index (χ2n) is 4.23. The molecule has 0 aliphatic rings. The molecule has 1 amide bonds. The van der Waals surface area contributed by atoms with Gasteiger partial charge in [0, 0.05) is 9.37 Å². The number of nitrogens with one attached hydrogen (secondary N) is 1. The van der Waals surface area contributed by atoms with Gasteiger partial charge in [-0.3, -0.25) is 4.79 Å². The van der Waals surface area contributed by atoms with Crippen LogP contribution in [-0.4, -0.2) is 18.8 Å². The first-order valence-corrected chi connectivity index (χ1v) is 8.30. The number of methoxy groups -OCH3 is 1. The van der Waals surface area contributed by atoms with Gasteiger partial charge in [0.05, 0.1) is 18.4 Å². The SMILES string of the molecule is CCSc1ccccc1NC(=O)c1cc(OC)ccc1Br. The van der Waals surface area contributed by atoms with Crippen molar-refractivity contribution < 1.29 is 9.53 Å². The first-order valence-electron chi connectivity index (χ1n) is 6.52. The van der Waals surface area contributed by atoms with E-state index in [2.05, 4.69) is 28.2 Å². The second-order valence-corrected chi connectivity index (χ2v) is 6.39. The Labute approximate surface area is 137 Å². The minimum absolute atomic E-state index is 0.162. The van der Waals surface area contributed by atoms with Gasteiger partial charge in [0.2, 0.25) is 0 Å². The minimum atomic E-state index is -0.162. The van der Waals surface area contributed by atoms with Crippen molar-refractivity contribution in [3.8, 4) is 5.75 Å². The molecule has 0 aromatic heterocycles. The topological polar surface area (TPSA) is 38.3 Å². The van der Waals surface area contributed by atoms with Crippen molar-refractivity contribution >= 4 is 39.3 Å². The van der Waals surface area contributed by atoms with Crippen molar-refractivity contribution in [1.82, 2.24) is 0 Å². The molecule has 2 aromatic rings. The van der Waals surface area contributed by atoms with Crippen LogP contribution in [0, 0.1) is 0 Å². The lowest BCUT2D eigenvalue weighted by Gasteiger charge is -2.11. The molecule has 0 spiro atoms. The van der Waals surface area contributed by atoms with E-state index in [1.807, 2.05) is 30.3 Å². The molecule has 0 heterocycles. The Hall–Kier alpha value is -1.46. The minimum Gasteiger partial charge on any atom is -0.497 e. The molecule has 21 heavy (non-hydrogen) atoms. The molecule has 0 bridgehead atoms. The molecule has 0 radical (unpaired) electrons. The van der Waals surface area contributed by atoms with Crippen LogP contribution in [0.5, 0.6) is 5.75 Å². The number of halogens is 1. The third kappa shape index (κ3) is 4.02. The average molecular weight is 366 g/mol. The predicted molar refractivity (Wildman–Crippen MR) is 91.5 cm³/mol. The molecule has 1 N–H and O–H groups in total. The van der Waals surface area contributed by atoms with Gasteiger partial charge in [0.1, 0.15) is 5.75 Å². The summed E-state index contributed by atoms with van der Waals surface area (Å²) >= 11 is 5.10. The van der Waals surface area contributed by atoms with Crippen LogP contribution in [0.15, 0.2) is 51.8 Å². The average Bonchev–Trinajstić information content (AvgIpc) is 2.50. The summed E-state index contributed by atoms with van der Waals surface area (Å²) < 4.78 is 5.90. The normalized spacial score (nSPS) is 10.2. The third-order valence-corrected chi connectivity index (χ3v) is 4.50. The summed E-state index contributed by atoms with van der Waals surface area (Å²) in [6.07, 6.45) is 0. The van der Waals surface area contributed by atoms with Crippen molar-refractivity contribution in [1.29, 1.82) is 0 Å². The lowest BCUT2D eigenvalue weighted by atomic mass is 10.2. The van der Waals surface area contributed by atoms with Crippen LogP contribution >= 0.6 is 27.7 Å². The smallest absolute Gasteiger partial charge is 0.256 e. The number of hydrogen-bond donors (Lipinski definition) is 1. The highest BCUT2D eigenvalue weighted by atomic mass is 79.9. The molecular formula is C16H16BrNO2S. The number of thioether (sulfide) groups is 1. The number of carbonyl (C=O) groups is 1. The first kappa shape index (κ1) is 15.9. The summed E-state index contributed by atoms with van der Waals surface area (Å²) in [5, 5.41) is 2.96. The molecule has 0 aliphatic heterocycles. The standard InChI is InChI=1S/C16H16BrNO2S/c1-3-21-15-7-5-4-6-14(15)18-16(19)12-10-11(20-2)8-9-13(12)17/h4-10H,3H2,1-2H3,(H,18,19). The van der Waals surface area contributed by atoms with Gasteiger partial charge in [0.15, 0.2) is 0 Å². The quantitative estimate of drug-likeness (QED) is 0.771. The number of para-hydroxylation sites is 1. The molecule has 0 atom stereocenters. The van der Waals surface area contributed by atoms with Crippen molar-refractivity contribution in [2.75, 3.05) is 18.2 Å². The zero-order valence-corrected chi connectivity index (χ0v) is 14.3. The molecule has 2 rings (SSSR count). The van der Waals surface area contributed by atoms with Gasteiger partial charge in [-0.05, 0) is 52.0 Å². The molecule has 0 aliphatic carbocycles. The fraction of sp³-hybridized carbons (Fsp3) is 0.188. The van der Waals surface area contributed by atoms with E-state index in [0.29, 0.717) is 11.3 Å². The van der Waals surface area contributed by atoms with E-state index < -0.39 is 0 Å². The van der Waals surface area contributed by atoms with Gasteiger partial charge in [-0.1, -0.05) is 19.1 Å². The van der Waals surface area contributed by atoms with Gasteiger partial charge < -0.3 is 10.1 Å². The van der Waals surface area contributed by atoms with Crippen LogP contribution in [0.25, 0.3) is 0 Å². The molecule has 0 fully saturated rings. The lowest BCUT2D eigenvalue weighted by molar-refractivity contribution is 0.102. The molecule has 2 aromatic carbocycles. The van der Waals surface area contributed by atoms with Crippen LogP contribution < -0.4 is 10.1 Å².